The summed E-state index contributed by atoms with van der Waals surface area (Å²) in [5.41, 5.74) is 1.55. The van der Waals surface area contributed by atoms with Gasteiger partial charge in [0.1, 0.15) is 17.4 Å². The number of halogens is 1. The maximum absolute atomic E-state index is 12.7. The van der Waals surface area contributed by atoms with E-state index in [1.807, 2.05) is 35.9 Å². The number of benzene rings is 1. The molecule has 3 aromatic rings. The van der Waals surface area contributed by atoms with E-state index in [-0.39, 0.29) is 24.2 Å². The summed E-state index contributed by atoms with van der Waals surface area (Å²) in [5, 5.41) is 12.5. The number of hydrogen-bond donors (Lipinski definition) is 1. The second kappa shape index (κ2) is 11.4. The lowest BCUT2D eigenvalue weighted by atomic mass is 9.95. The number of ether oxygens (including phenoxy) is 2. The zero-order valence-corrected chi connectivity index (χ0v) is 22.1. The van der Waals surface area contributed by atoms with E-state index in [2.05, 4.69) is 31.4 Å². The molecule has 4 rings (SSSR count). The van der Waals surface area contributed by atoms with Crippen molar-refractivity contribution in [1.29, 1.82) is 0 Å². The molecule has 180 valence electrons. The van der Waals surface area contributed by atoms with Crippen LogP contribution in [0.1, 0.15) is 46.4 Å². The molecule has 34 heavy (non-hydrogen) atoms. The van der Waals surface area contributed by atoms with Crippen LogP contribution < -0.4 is 10.1 Å². The van der Waals surface area contributed by atoms with Gasteiger partial charge in [-0.15, -0.1) is 21.5 Å². The Morgan fingerprint density at radius 2 is 1.97 bits per heavy atom. The van der Waals surface area contributed by atoms with E-state index in [9.17, 15) is 9.59 Å². The number of carbonyl (C=O) groups is 2. The Balaban J connectivity index is 1.37. The lowest BCUT2D eigenvalue weighted by Gasteiger charge is -2.12. The van der Waals surface area contributed by atoms with Crippen LogP contribution in [0.25, 0.3) is 0 Å². The maximum Gasteiger partial charge on any atom is 0.341 e. The lowest BCUT2D eigenvalue weighted by Crippen LogP contribution is -2.17. The van der Waals surface area contributed by atoms with Crippen LogP contribution >= 0.6 is 39.0 Å². The predicted molar refractivity (Wildman–Crippen MR) is 136 cm³/mol. The topological polar surface area (TPSA) is 95.3 Å². The third-order valence-electron chi connectivity index (χ3n) is 5.34. The van der Waals surface area contributed by atoms with Crippen LogP contribution in [-0.2, 0) is 36.0 Å². The smallest absolute Gasteiger partial charge is 0.341 e. The molecule has 1 amide bonds. The first-order valence-corrected chi connectivity index (χ1v) is 13.6. The summed E-state index contributed by atoms with van der Waals surface area (Å²) in [5.74, 6) is 0.959. The standard InChI is InChI=1S/C23H25BrN4O4S2/c1-3-31-22(30)20-16-6-4-5-7-17(16)34-21(20)25-19(29)13-33-23-27-26-18(28(23)2)12-32-15-10-8-14(24)9-11-15/h8-11H,3-7,12-13H2,1-2H3,(H,25,29). The molecule has 1 aromatic carbocycles. The molecule has 1 aliphatic carbocycles. The largest absolute Gasteiger partial charge is 0.486 e. The number of nitrogens with one attached hydrogen (secondary N) is 1. The van der Waals surface area contributed by atoms with Gasteiger partial charge in [0.15, 0.2) is 11.0 Å². The first-order valence-electron chi connectivity index (χ1n) is 11.0. The minimum atomic E-state index is -0.367. The normalized spacial score (nSPS) is 12.8. The van der Waals surface area contributed by atoms with Gasteiger partial charge in [-0.05, 0) is 62.4 Å². The van der Waals surface area contributed by atoms with Crippen LogP contribution in [0.15, 0.2) is 33.9 Å². The molecule has 0 aliphatic heterocycles. The van der Waals surface area contributed by atoms with E-state index in [4.69, 9.17) is 9.47 Å². The van der Waals surface area contributed by atoms with Gasteiger partial charge in [-0.3, -0.25) is 4.79 Å². The summed E-state index contributed by atoms with van der Waals surface area (Å²) in [4.78, 5) is 26.5. The number of anilines is 1. The lowest BCUT2D eigenvalue weighted by molar-refractivity contribution is -0.113. The van der Waals surface area contributed by atoms with Gasteiger partial charge in [0, 0.05) is 16.4 Å². The van der Waals surface area contributed by atoms with Crippen LogP contribution in [0, 0.1) is 0 Å². The number of fused-ring (bicyclic) bond motifs is 1. The Bertz CT molecular complexity index is 1180. The van der Waals surface area contributed by atoms with E-state index < -0.39 is 0 Å². The van der Waals surface area contributed by atoms with Crippen molar-refractivity contribution in [2.45, 2.75) is 44.4 Å². The second-order valence-corrected chi connectivity index (χ2v) is 10.6. The van der Waals surface area contributed by atoms with Crippen molar-refractivity contribution in [3.8, 4) is 5.75 Å². The molecule has 0 saturated carbocycles. The fraction of sp³-hybridized carbons (Fsp3) is 0.391. The third-order valence-corrected chi connectivity index (χ3v) is 8.10. The van der Waals surface area contributed by atoms with Gasteiger partial charge >= 0.3 is 5.97 Å². The van der Waals surface area contributed by atoms with Gasteiger partial charge in [0.05, 0.1) is 17.9 Å². The highest BCUT2D eigenvalue weighted by atomic mass is 79.9. The summed E-state index contributed by atoms with van der Waals surface area (Å²) in [6.45, 7) is 2.35. The number of rotatable bonds is 9. The average molecular weight is 566 g/mol. The van der Waals surface area contributed by atoms with E-state index in [0.29, 0.717) is 28.2 Å². The number of nitrogens with zero attached hydrogens (tertiary/aromatic N) is 3. The third kappa shape index (κ3) is 5.81. The second-order valence-electron chi connectivity index (χ2n) is 7.67. The van der Waals surface area contributed by atoms with E-state index >= 15 is 0 Å². The predicted octanol–water partition coefficient (Wildman–Crippen LogP) is 5.00. The molecule has 0 radical (unpaired) electrons. The molecule has 11 heteroatoms. The number of esters is 1. The van der Waals surface area contributed by atoms with Crippen molar-refractivity contribution >= 4 is 55.9 Å². The molecular formula is C23H25BrN4O4S2. The average Bonchev–Trinajstić information content (AvgIpc) is 3.37. The van der Waals surface area contributed by atoms with Gasteiger partial charge in [-0.25, -0.2) is 4.79 Å². The minimum absolute atomic E-state index is 0.143. The zero-order chi connectivity index (χ0) is 24.1. The Morgan fingerprint density at radius 1 is 1.21 bits per heavy atom. The number of amides is 1. The molecule has 0 saturated heterocycles. The minimum Gasteiger partial charge on any atom is -0.486 e. The summed E-state index contributed by atoms with van der Waals surface area (Å²) in [7, 11) is 1.84. The number of thioether (sulfide) groups is 1. The Kier molecular flexibility index (Phi) is 8.28. The van der Waals surface area contributed by atoms with Crippen LogP contribution in [-0.4, -0.2) is 39.0 Å². The number of thiophene rings is 1. The Hall–Kier alpha value is -2.37. The highest BCUT2D eigenvalue weighted by molar-refractivity contribution is 9.10. The number of hydrogen-bond acceptors (Lipinski definition) is 8. The molecule has 0 spiro atoms. The Labute approximate surface area is 214 Å². The molecular weight excluding hydrogens is 540 g/mol. The first kappa shape index (κ1) is 24.7. The SMILES string of the molecule is CCOC(=O)c1c(NC(=O)CSc2nnc(COc3ccc(Br)cc3)n2C)sc2c1CCCC2. The highest BCUT2D eigenvalue weighted by Gasteiger charge is 2.27. The van der Waals surface area contributed by atoms with E-state index in [1.54, 1.807) is 6.92 Å². The van der Waals surface area contributed by atoms with Gasteiger partial charge in [-0.1, -0.05) is 27.7 Å². The zero-order valence-electron chi connectivity index (χ0n) is 18.9. The van der Waals surface area contributed by atoms with Gasteiger partial charge < -0.3 is 19.4 Å². The molecule has 0 atom stereocenters. The molecule has 8 nitrogen and oxygen atoms in total. The molecule has 1 aliphatic rings. The summed E-state index contributed by atoms with van der Waals surface area (Å²) >= 11 is 6.17. The quantitative estimate of drug-likeness (QED) is 0.288. The molecule has 2 heterocycles. The summed E-state index contributed by atoms with van der Waals surface area (Å²) in [6, 6.07) is 7.55. The van der Waals surface area contributed by atoms with Crippen molar-refractivity contribution < 1.29 is 19.1 Å². The monoisotopic (exact) mass is 564 g/mol. The van der Waals surface area contributed by atoms with Gasteiger partial charge in [0.2, 0.25) is 5.91 Å². The summed E-state index contributed by atoms with van der Waals surface area (Å²) < 4.78 is 13.8. The summed E-state index contributed by atoms with van der Waals surface area (Å²) in [6.07, 6.45) is 3.91. The first-order chi connectivity index (χ1) is 16.5. The number of aromatic nitrogens is 3. The van der Waals surface area contributed by atoms with Crippen LogP contribution in [0.2, 0.25) is 0 Å². The van der Waals surface area contributed by atoms with E-state index in [0.717, 1.165) is 41.5 Å². The molecule has 0 fully saturated rings. The number of aryl methyl sites for hydroxylation is 1. The van der Waals surface area contributed by atoms with Crippen molar-refractivity contribution in [1.82, 2.24) is 14.8 Å². The fourth-order valence-electron chi connectivity index (χ4n) is 3.64. The van der Waals surface area contributed by atoms with Crippen LogP contribution in [0.3, 0.4) is 0 Å². The van der Waals surface area contributed by atoms with E-state index in [1.165, 1.54) is 28.0 Å². The van der Waals surface area contributed by atoms with Crippen LogP contribution in [0.4, 0.5) is 5.00 Å². The fourth-order valence-corrected chi connectivity index (χ4v) is 5.93. The molecule has 1 N–H and O–H groups in total. The number of carbonyl (C=O) groups excluding carboxylic acids is 2. The van der Waals surface area contributed by atoms with Gasteiger partial charge in [0.25, 0.3) is 0 Å². The Morgan fingerprint density at radius 3 is 2.74 bits per heavy atom. The molecule has 0 unspecified atom stereocenters. The van der Waals surface area contributed by atoms with Gasteiger partial charge in [-0.2, -0.15) is 0 Å². The van der Waals surface area contributed by atoms with Crippen LogP contribution in [0.5, 0.6) is 5.75 Å². The van der Waals surface area contributed by atoms with Crippen molar-refractivity contribution in [3.05, 3.63) is 50.6 Å². The van der Waals surface area contributed by atoms with Crippen molar-refractivity contribution in [3.63, 3.8) is 0 Å². The highest BCUT2D eigenvalue weighted by Crippen LogP contribution is 2.38. The molecule has 0 bridgehead atoms. The van der Waals surface area contributed by atoms with Crippen molar-refractivity contribution in [2.24, 2.45) is 7.05 Å². The van der Waals surface area contributed by atoms with Crippen molar-refractivity contribution in [2.75, 3.05) is 17.7 Å². The maximum atomic E-state index is 12.7. The molecule has 2 aromatic heterocycles.